The molecule has 2 aromatic carbocycles. The topological polar surface area (TPSA) is 53.1 Å². The molecular weight excluding hydrogens is 286 g/mol. The molecule has 0 saturated heterocycles. The van der Waals surface area contributed by atoms with Crippen molar-refractivity contribution in [3.8, 4) is 0 Å². The lowest BCUT2D eigenvalue weighted by Gasteiger charge is -2.02. The first-order valence-electron chi connectivity index (χ1n) is 7.77. The first-order valence-corrected chi connectivity index (χ1v) is 7.77. The highest BCUT2D eigenvalue weighted by molar-refractivity contribution is 5.89. The highest BCUT2D eigenvalue weighted by atomic mass is 16.4. The zero-order chi connectivity index (χ0) is 16.1. The summed E-state index contributed by atoms with van der Waals surface area (Å²) in [6, 6.07) is 16.5. The number of carboxylic acids is 1. The summed E-state index contributed by atoms with van der Waals surface area (Å²) < 4.78 is 0. The number of rotatable bonds is 6. The first-order chi connectivity index (χ1) is 11.2. The number of hydrogen-bond donors (Lipinski definition) is 2. The molecule has 116 valence electrons. The number of aromatic nitrogens is 1. The fourth-order valence-corrected chi connectivity index (χ4v) is 2.80. The maximum absolute atomic E-state index is 10.6. The Balaban J connectivity index is 1.73. The predicted molar refractivity (Wildman–Crippen MR) is 93.4 cm³/mol. The van der Waals surface area contributed by atoms with Gasteiger partial charge in [0.25, 0.3) is 0 Å². The smallest absolute Gasteiger partial charge is 0.328 e. The van der Waals surface area contributed by atoms with E-state index in [0.717, 1.165) is 30.3 Å². The van der Waals surface area contributed by atoms with Gasteiger partial charge in [-0.15, -0.1) is 0 Å². The molecule has 3 nitrogen and oxygen atoms in total. The van der Waals surface area contributed by atoms with E-state index in [9.17, 15) is 4.79 Å². The van der Waals surface area contributed by atoms with Gasteiger partial charge in [0, 0.05) is 23.2 Å². The third-order valence-corrected chi connectivity index (χ3v) is 3.96. The van der Waals surface area contributed by atoms with Gasteiger partial charge in [-0.1, -0.05) is 36.4 Å². The van der Waals surface area contributed by atoms with Crippen molar-refractivity contribution in [2.24, 2.45) is 0 Å². The molecule has 1 heterocycles. The molecule has 0 aliphatic rings. The summed E-state index contributed by atoms with van der Waals surface area (Å²) in [6.07, 6.45) is 8.01. The van der Waals surface area contributed by atoms with E-state index >= 15 is 0 Å². The Morgan fingerprint density at radius 3 is 2.70 bits per heavy atom. The summed E-state index contributed by atoms with van der Waals surface area (Å²) in [5, 5.41) is 9.91. The van der Waals surface area contributed by atoms with Crippen LogP contribution in [0.5, 0.6) is 0 Å². The fourth-order valence-electron chi connectivity index (χ4n) is 2.80. The number of carboxylic acid groups (broad SMARTS) is 1. The van der Waals surface area contributed by atoms with Crippen LogP contribution in [-0.2, 0) is 17.6 Å². The Bertz CT molecular complexity index is 831. The van der Waals surface area contributed by atoms with Gasteiger partial charge in [-0.2, -0.15) is 0 Å². The molecule has 0 fully saturated rings. The number of benzene rings is 2. The number of hydrogen-bond acceptors (Lipinski definition) is 1. The van der Waals surface area contributed by atoms with Crippen LogP contribution in [0.25, 0.3) is 17.0 Å². The monoisotopic (exact) mass is 305 g/mol. The maximum Gasteiger partial charge on any atom is 0.328 e. The van der Waals surface area contributed by atoms with Crippen LogP contribution in [-0.4, -0.2) is 16.1 Å². The predicted octanol–water partition coefficient (Wildman–Crippen LogP) is 4.44. The molecule has 0 radical (unpaired) electrons. The van der Waals surface area contributed by atoms with Crippen LogP contribution < -0.4 is 0 Å². The molecule has 0 aliphatic heterocycles. The average molecular weight is 305 g/mol. The lowest BCUT2D eigenvalue weighted by atomic mass is 10.0. The molecule has 3 rings (SSSR count). The number of fused-ring (bicyclic) bond motifs is 1. The Kier molecular flexibility index (Phi) is 4.57. The summed E-state index contributed by atoms with van der Waals surface area (Å²) in [4.78, 5) is 13.9. The zero-order valence-corrected chi connectivity index (χ0v) is 12.8. The van der Waals surface area contributed by atoms with E-state index < -0.39 is 5.97 Å². The number of aryl methyl sites for hydroxylation is 2. The summed E-state index contributed by atoms with van der Waals surface area (Å²) in [7, 11) is 0. The number of aromatic amines is 1. The van der Waals surface area contributed by atoms with Crippen molar-refractivity contribution in [3.05, 3.63) is 77.5 Å². The van der Waals surface area contributed by atoms with E-state index in [1.54, 1.807) is 6.08 Å². The number of H-pyrrole nitrogens is 1. The van der Waals surface area contributed by atoms with Gasteiger partial charge < -0.3 is 10.1 Å². The molecule has 0 saturated carbocycles. The molecule has 1 aromatic heterocycles. The van der Waals surface area contributed by atoms with Gasteiger partial charge in [-0.3, -0.25) is 0 Å². The Labute approximate surface area is 135 Å². The zero-order valence-electron chi connectivity index (χ0n) is 12.8. The van der Waals surface area contributed by atoms with Gasteiger partial charge in [0.2, 0.25) is 0 Å². The van der Waals surface area contributed by atoms with Crippen molar-refractivity contribution in [2.45, 2.75) is 19.3 Å². The Morgan fingerprint density at radius 1 is 1.09 bits per heavy atom. The molecule has 2 N–H and O–H groups in total. The molecule has 0 amide bonds. The van der Waals surface area contributed by atoms with Gasteiger partial charge in [-0.05, 0) is 54.2 Å². The van der Waals surface area contributed by atoms with E-state index in [0.29, 0.717) is 0 Å². The molecule has 23 heavy (non-hydrogen) atoms. The van der Waals surface area contributed by atoms with Crippen LogP contribution in [0, 0.1) is 0 Å². The summed E-state index contributed by atoms with van der Waals surface area (Å²) in [6.45, 7) is 0. The SMILES string of the molecule is O=C(O)C=Cc1ccc2[nH]cc(CCCc3ccccc3)c2c1. The normalized spacial score (nSPS) is 11.3. The standard InChI is InChI=1S/C20H19NO2/c22-20(23)12-10-16-9-11-19-18(13-16)17(14-21-19)8-4-7-15-5-2-1-3-6-15/h1-3,5-6,9-14,21H,4,7-8H2,(H,22,23). The van der Waals surface area contributed by atoms with Crippen LogP contribution in [0.2, 0.25) is 0 Å². The van der Waals surface area contributed by atoms with E-state index in [1.165, 1.54) is 22.6 Å². The van der Waals surface area contributed by atoms with Crippen molar-refractivity contribution >= 4 is 22.9 Å². The van der Waals surface area contributed by atoms with Crippen molar-refractivity contribution in [1.29, 1.82) is 0 Å². The van der Waals surface area contributed by atoms with Crippen molar-refractivity contribution in [2.75, 3.05) is 0 Å². The third-order valence-electron chi connectivity index (χ3n) is 3.96. The molecule has 0 bridgehead atoms. The molecule has 0 spiro atoms. The summed E-state index contributed by atoms with van der Waals surface area (Å²) >= 11 is 0. The third kappa shape index (κ3) is 3.89. The van der Waals surface area contributed by atoms with Crippen LogP contribution in [0.1, 0.15) is 23.1 Å². The molecule has 0 aliphatic carbocycles. The first kappa shape index (κ1) is 15.1. The van der Waals surface area contributed by atoms with Gasteiger partial charge >= 0.3 is 5.97 Å². The van der Waals surface area contributed by atoms with Gasteiger partial charge in [0.1, 0.15) is 0 Å². The van der Waals surface area contributed by atoms with Crippen LogP contribution in [0.3, 0.4) is 0 Å². The minimum absolute atomic E-state index is 0.906. The lowest BCUT2D eigenvalue weighted by molar-refractivity contribution is -0.131. The maximum atomic E-state index is 10.6. The lowest BCUT2D eigenvalue weighted by Crippen LogP contribution is -1.89. The number of nitrogens with one attached hydrogen (secondary N) is 1. The molecule has 3 heteroatoms. The highest BCUT2D eigenvalue weighted by Gasteiger charge is 2.04. The van der Waals surface area contributed by atoms with Gasteiger partial charge in [0.05, 0.1) is 0 Å². The largest absolute Gasteiger partial charge is 0.478 e. The van der Waals surface area contributed by atoms with E-state index in [-0.39, 0.29) is 0 Å². The van der Waals surface area contributed by atoms with Crippen LogP contribution in [0.4, 0.5) is 0 Å². The second-order valence-corrected chi connectivity index (χ2v) is 5.63. The van der Waals surface area contributed by atoms with Crippen molar-refractivity contribution in [3.63, 3.8) is 0 Å². The van der Waals surface area contributed by atoms with Crippen molar-refractivity contribution in [1.82, 2.24) is 4.98 Å². The molecule has 3 aromatic rings. The summed E-state index contributed by atoms with van der Waals surface area (Å²) in [5.41, 5.74) is 4.63. The Morgan fingerprint density at radius 2 is 1.91 bits per heavy atom. The number of carbonyl (C=O) groups is 1. The van der Waals surface area contributed by atoms with E-state index in [1.807, 2.05) is 24.3 Å². The Hall–Kier alpha value is -2.81. The molecule has 0 atom stereocenters. The quantitative estimate of drug-likeness (QED) is 0.661. The highest BCUT2D eigenvalue weighted by Crippen LogP contribution is 2.22. The summed E-state index contributed by atoms with van der Waals surface area (Å²) in [5.74, 6) is -0.928. The average Bonchev–Trinajstić information content (AvgIpc) is 2.96. The fraction of sp³-hybridized carbons (Fsp3) is 0.150. The van der Waals surface area contributed by atoms with Crippen molar-refractivity contribution < 1.29 is 9.90 Å². The second kappa shape index (κ2) is 6.97. The van der Waals surface area contributed by atoms with Crippen LogP contribution >= 0.6 is 0 Å². The second-order valence-electron chi connectivity index (χ2n) is 5.63. The minimum Gasteiger partial charge on any atom is -0.478 e. The van der Waals surface area contributed by atoms with Gasteiger partial charge in [0.15, 0.2) is 0 Å². The molecule has 0 unspecified atom stereocenters. The van der Waals surface area contributed by atoms with E-state index in [2.05, 4.69) is 35.4 Å². The minimum atomic E-state index is -0.928. The van der Waals surface area contributed by atoms with E-state index in [4.69, 9.17) is 5.11 Å². The van der Waals surface area contributed by atoms with Crippen LogP contribution in [0.15, 0.2) is 60.8 Å². The number of aliphatic carboxylic acids is 1. The van der Waals surface area contributed by atoms with Gasteiger partial charge in [-0.25, -0.2) is 4.79 Å². The molecular formula is C20H19NO2.